The Morgan fingerprint density at radius 3 is 2.24 bits per heavy atom. The fraction of sp³-hybridized carbons (Fsp3) is 0.188. The van der Waals surface area contributed by atoms with Crippen LogP contribution in [0.2, 0.25) is 5.02 Å². The molecule has 0 radical (unpaired) electrons. The fourth-order valence-corrected chi connectivity index (χ4v) is 3.63. The quantitative estimate of drug-likeness (QED) is 0.488. The second-order valence-electron chi connectivity index (χ2n) is 4.48. The molecule has 2 nitrogen and oxygen atoms in total. The van der Waals surface area contributed by atoms with E-state index in [1.54, 1.807) is 12.1 Å². The molecule has 2 aromatic rings. The molecule has 21 heavy (non-hydrogen) atoms. The molecule has 2 aromatic carbocycles. The van der Waals surface area contributed by atoms with Crippen molar-refractivity contribution >= 4 is 49.4 Å². The van der Waals surface area contributed by atoms with Gasteiger partial charge in [0.25, 0.3) is 0 Å². The van der Waals surface area contributed by atoms with Crippen molar-refractivity contribution in [3.63, 3.8) is 0 Å². The number of hydrogen-bond acceptors (Lipinski definition) is 2. The minimum atomic E-state index is -1.03. The van der Waals surface area contributed by atoms with Gasteiger partial charge in [-0.15, -0.1) is 0 Å². The number of alkyl halides is 2. The van der Waals surface area contributed by atoms with Crippen LogP contribution < -0.4 is 0 Å². The number of ether oxygens (including phenoxy) is 1. The molecule has 2 rings (SSSR count). The number of methoxy groups -OCH3 is 1. The van der Waals surface area contributed by atoms with E-state index in [-0.39, 0.29) is 10.8 Å². The molecule has 0 amide bonds. The van der Waals surface area contributed by atoms with E-state index in [4.69, 9.17) is 16.3 Å². The number of rotatable bonds is 4. The van der Waals surface area contributed by atoms with Crippen molar-refractivity contribution in [2.24, 2.45) is 0 Å². The Labute approximate surface area is 145 Å². The second kappa shape index (κ2) is 6.95. The molecule has 110 valence electrons. The van der Waals surface area contributed by atoms with E-state index in [0.29, 0.717) is 5.02 Å². The van der Waals surface area contributed by atoms with Gasteiger partial charge in [0, 0.05) is 5.02 Å². The summed E-state index contributed by atoms with van der Waals surface area (Å²) >= 11 is 13.1. The summed E-state index contributed by atoms with van der Waals surface area (Å²) in [4.78, 5) is 12.1. The maximum Gasteiger partial charge on any atom is 0.328 e. The van der Waals surface area contributed by atoms with Crippen molar-refractivity contribution in [3.8, 4) is 0 Å². The summed E-state index contributed by atoms with van der Waals surface area (Å²) in [5, 5.41) is 0.615. The molecule has 0 heterocycles. The van der Waals surface area contributed by atoms with Crippen LogP contribution in [0.5, 0.6) is 0 Å². The maximum atomic E-state index is 12.4. The van der Waals surface area contributed by atoms with Crippen molar-refractivity contribution in [1.29, 1.82) is 0 Å². The van der Waals surface area contributed by atoms with E-state index in [1.165, 1.54) is 7.11 Å². The number of benzene rings is 2. The van der Waals surface area contributed by atoms with Crippen LogP contribution in [0.15, 0.2) is 54.6 Å². The highest BCUT2D eigenvalue weighted by atomic mass is 79.9. The Hall–Kier alpha value is -0.840. The van der Waals surface area contributed by atoms with Crippen LogP contribution in [0, 0.1) is 0 Å². The number of halogens is 3. The topological polar surface area (TPSA) is 26.3 Å². The Morgan fingerprint density at radius 1 is 1.14 bits per heavy atom. The third kappa shape index (κ3) is 3.33. The normalized spacial score (nSPS) is 15.0. The van der Waals surface area contributed by atoms with Crippen LogP contribution in [0.25, 0.3) is 0 Å². The molecule has 0 saturated heterocycles. The molecular formula is C16H13Br2ClO2. The SMILES string of the molecule is COC(=O)[C@](Br)(c1ccc(Cl)cc1)[C@@H](Br)c1ccccc1. The third-order valence-corrected chi connectivity index (χ3v) is 6.51. The van der Waals surface area contributed by atoms with Crippen LogP contribution in [-0.2, 0) is 13.9 Å². The summed E-state index contributed by atoms with van der Waals surface area (Å²) in [7, 11) is 1.37. The van der Waals surface area contributed by atoms with Crippen LogP contribution in [0.1, 0.15) is 16.0 Å². The lowest BCUT2D eigenvalue weighted by atomic mass is 9.91. The molecule has 0 spiro atoms. The van der Waals surface area contributed by atoms with Gasteiger partial charge in [-0.1, -0.05) is 85.9 Å². The zero-order valence-corrected chi connectivity index (χ0v) is 15.2. The molecule has 0 bridgehead atoms. The standard InChI is InChI=1S/C16H13Br2ClO2/c1-21-15(20)16(18,12-7-9-13(19)10-8-12)14(17)11-5-3-2-4-6-11/h2-10,14H,1H3/t14-,16-/m0/s1. The first-order valence-electron chi connectivity index (χ1n) is 6.22. The highest BCUT2D eigenvalue weighted by Gasteiger charge is 2.46. The molecule has 0 fully saturated rings. The van der Waals surface area contributed by atoms with Gasteiger partial charge in [0.05, 0.1) is 11.9 Å². The molecule has 2 atom stereocenters. The number of carbonyl (C=O) groups excluding carboxylic acids is 1. The van der Waals surface area contributed by atoms with E-state index in [2.05, 4.69) is 31.9 Å². The predicted molar refractivity (Wildman–Crippen MR) is 92.2 cm³/mol. The molecule has 0 aromatic heterocycles. The fourth-order valence-electron chi connectivity index (χ4n) is 2.06. The minimum Gasteiger partial charge on any atom is -0.468 e. The molecule has 0 aliphatic carbocycles. The monoisotopic (exact) mass is 430 g/mol. The largest absolute Gasteiger partial charge is 0.468 e. The predicted octanol–water partition coefficient (Wildman–Crippen LogP) is 5.24. The smallest absolute Gasteiger partial charge is 0.328 e. The van der Waals surface area contributed by atoms with Gasteiger partial charge in [0.15, 0.2) is 4.32 Å². The summed E-state index contributed by atoms with van der Waals surface area (Å²) in [6, 6.07) is 16.8. The first-order chi connectivity index (χ1) is 10.00. The first-order valence-corrected chi connectivity index (χ1v) is 8.31. The molecular weight excluding hydrogens is 419 g/mol. The number of hydrogen-bond donors (Lipinski definition) is 0. The average molecular weight is 433 g/mol. The Bertz CT molecular complexity index is 616. The summed E-state index contributed by atoms with van der Waals surface area (Å²) in [5.41, 5.74) is 1.74. The van der Waals surface area contributed by atoms with Crippen molar-refractivity contribution in [2.75, 3.05) is 7.11 Å². The average Bonchev–Trinajstić information content (AvgIpc) is 2.54. The number of carbonyl (C=O) groups is 1. The molecule has 0 unspecified atom stereocenters. The van der Waals surface area contributed by atoms with Crippen molar-refractivity contribution < 1.29 is 9.53 Å². The number of esters is 1. The van der Waals surface area contributed by atoms with Crippen LogP contribution in [0.4, 0.5) is 0 Å². The van der Waals surface area contributed by atoms with E-state index in [9.17, 15) is 4.79 Å². The second-order valence-corrected chi connectivity index (χ2v) is 7.09. The lowest BCUT2D eigenvalue weighted by molar-refractivity contribution is -0.143. The molecule has 0 saturated carbocycles. The summed E-state index contributed by atoms with van der Waals surface area (Å²) in [6.07, 6.45) is 0. The maximum absolute atomic E-state index is 12.4. The van der Waals surface area contributed by atoms with Crippen LogP contribution in [-0.4, -0.2) is 13.1 Å². The van der Waals surface area contributed by atoms with Gasteiger partial charge in [-0.2, -0.15) is 0 Å². The summed E-state index contributed by atoms with van der Waals surface area (Å²) in [5.74, 6) is -0.379. The van der Waals surface area contributed by atoms with Crippen molar-refractivity contribution in [1.82, 2.24) is 0 Å². The van der Waals surface area contributed by atoms with E-state index in [1.807, 2.05) is 42.5 Å². The van der Waals surface area contributed by atoms with E-state index < -0.39 is 4.32 Å². The highest BCUT2D eigenvalue weighted by Crippen LogP contribution is 2.49. The van der Waals surface area contributed by atoms with Gasteiger partial charge in [-0.05, 0) is 23.3 Å². The molecule has 0 aliphatic heterocycles. The van der Waals surface area contributed by atoms with Gasteiger partial charge in [-0.25, -0.2) is 0 Å². The first kappa shape index (κ1) is 16.5. The van der Waals surface area contributed by atoms with Gasteiger partial charge in [-0.3, -0.25) is 4.79 Å². The molecule has 5 heteroatoms. The molecule has 0 aliphatic rings. The van der Waals surface area contributed by atoms with E-state index >= 15 is 0 Å². The van der Waals surface area contributed by atoms with Gasteiger partial charge in [0.1, 0.15) is 0 Å². The van der Waals surface area contributed by atoms with Crippen molar-refractivity contribution in [3.05, 3.63) is 70.7 Å². The molecule has 0 N–H and O–H groups in total. The minimum absolute atomic E-state index is 0.292. The van der Waals surface area contributed by atoms with Gasteiger partial charge >= 0.3 is 5.97 Å². The Morgan fingerprint density at radius 2 is 1.71 bits per heavy atom. The Kier molecular flexibility index (Phi) is 5.47. The van der Waals surface area contributed by atoms with Crippen LogP contribution >= 0.6 is 43.5 Å². The lowest BCUT2D eigenvalue weighted by Gasteiger charge is -2.30. The van der Waals surface area contributed by atoms with Crippen LogP contribution in [0.3, 0.4) is 0 Å². The summed E-state index contributed by atoms with van der Waals surface area (Å²) in [6.45, 7) is 0. The summed E-state index contributed by atoms with van der Waals surface area (Å²) < 4.78 is 3.96. The zero-order valence-electron chi connectivity index (χ0n) is 11.2. The zero-order chi connectivity index (χ0) is 15.5. The van der Waals surface area contributed by atoms with Gasteiger partial charge < -0.3 is 4.74 Å². The van der Waals surface area contributed by atoms with E-state index in [0.717, 1.165) is 11.1 Å². The van der Waals surface area contributed by atoms with Gasteiger partial charge in [0.2, 0.25) is 0 Å². The lowest BCUT2D eigenvalue weighted by Crippen LogP contribution is -2.34. The highest BCUT2D eigenvalue weighted by molar-refractivity contribution is 9.12. The Balaban J connectivity index is 2.52. The van der Waals surface area contributed by atoms with Crippen molar-refractivity contribution in [2.45, 2.75) is 9.15 Å². The third-order valence-electron chi connectivity index (χ3n) is 3.19.